The van der Waals surface area contributed by atoms with E-state index in [1.165, 1.54) is 18.7 Å². The van der Waals surface area contributed by atoms with Crippen LogP contribution in [0.25, 0.3) is 0 Å². The predicted octanol–water partition coefficient (Wildman–Crippen LogP) is 4.29. The van der Waals surface area contributed by atoms with Crippen molar-refractivity contribution in [1.29, 1.82) is 0 Å². The lowest BCUT2D eigenvalue weighted by Gasteiger charge is -2.32. The second-order valence-electron chi connectivity index (χ2n) is 6.31. The van der Waals surface area contributed by atoms with Crippen LogP contribution in [0.4, 0.5) is 5.69 Å². The van der Waals surface area contributed by atoms with Crippen molar-refractivity contribution in [3.05, 3.63) is 63.6 Å². The van der Waals surface area contributed by atoms with Crippen LogP contribution in [0.3, 0.4) is 0 Å². The number of benzene rings is 2. The van der Waals surface area contributed by atoms with Crippen molar-refractivity contribution in [2.45, 2.75) is 18.3 Å². The highest BCUT2D eigenvalue weighted by Crippen LogP contribution is 2.55. The smallest absolute Gasteiger partial charge is 0.268 e. The van der Waals surface area contributed by atoms with Crippen LogP contribution in [0.15, 0.2) is 42.5 Å². The maximum atomic E-state index is 13.6. The van der Waals surface area contributed by atoms with Crippen molar-refractivity contribution in [1.82, 2.24) is 4.90 Å². The molecular formula is C19H16Cl2N2O2S. The minimum atomic E-state index is -1.03. The van der Waals surface area contributed by atoms with Crippen LogP contribution in [0.5, 0.6) is 0 Å². The van der Waals surface area contributed by atoms with Crippen LogP contribution < -0.4 is 4.90 Å². The minimum Gasteiger partial charge on any atom is -0.315 e. The molecule has 0 saturated carbocycles. The molecule has 0 radical (unpaired) electrons. The fraction of sp³-hybridized carbons (Fsp3) is 0.263. The van der Waals surface area contributed by atoms with Crippen molar-refractivity contribution >= 4 is 52.5 Å². The Bertz CT molecular complexity index is 920. The molecule has 2 aliphatic rings. The van der Waals surface area contributed by atoms with Gasteiger partial charge in [0, 0.05) is 34.8 Å². The van der Waals surface area contributed by atoms with E-state index < -0.39 is 4.87 Å². The average molecular weight is 407 g/mol. The summed E-state index contributed by atoms with van der Waals surface area (Å²) in [5.41, 5.74) is 2.41. The quantitative estimate of drug-likeness (QED) is 0.746. The van der Waals surface area contributed by atoms with E-state index in [9.17, 15) is 9.59 Å². The summed E-state index contributed by atoms with van der Waals surface area (Å²) in [5.74, 6) is 0.471. The normalized spacial score (nSPS) is 21.6. The Morgan fingerprint density at radius 1 is 1.23 bits per heavy atom. The number of nitrogens with zero attached hydrogens (tertiary/aromatic N) is 2. The van der Waals surface area contributed by atoms with Crippen LogP contribution in [0, 0.1) is 0 Å². The second-order valence-corrected chi connectivity index (χ2v) is 8.44. The zero-order valence-corrected chi connectivity index (χ0v) is 16.4. The molecule has 26 heavy (non-hydrogen) atoms. The molecule has 2 aromatic rings. The molecule has 4 nitrogen and oxygen atoms in total. The van der Waals surface area contributed by atoms with Crippen LogP contribution in [0.1, 0.15) is 18.1 Å². The summed E-state index contributed by atoms with van der Waals surface area (Å²) in [7, 11) is 0. The van der Waals surface area contributed by atoms with Gasteiger partial charge in [-0.25, -0.2) is 0 Å². The highest BCUT2D eigenvalue weighted by molar-refractivity contribution is 8.01. The van der Waals surface area contributed by atoms with Gasteiger partial charge >= 0.3 is 0 Å². The molecule has 4 rings (SSSR count). The number of halogens is 2. The summed E-state index contributed by atoms with van der Waals surface area (Å²) in [6.07, 6.45) is 0. The number of carbonyl (C=O) groups excluding carboxylic acids is 2. The van der Waals surface area contributed by atoms with Crippen LogP contribution in [0.2, 0.25) is 10.0 Å². The Balaban J connectivity index is 1.85. The van der Waals surface area contributed by atoms with Crippen molar-refractivity contribution in [3.63, 3.8) is 0 Å². The number of amides is 2. The fourth-order valence-corrected chi connectivity index (χ4v) is 5.54. The van der Waals surface area contributed by atoms with E-state index in [-0.39, 0.29) is 11.8 Å². The Kier molecular flexibility index (Phi) is 4.41. The Hall–Kier alpha value is -1.69. The molecule has 0 unspecified atom stereocenters. The zero-order chi connectivity index (χ0) is 18.5. The van der Waals surface area contributed by atoms with Crippen LogP contribution in [-0.4, -0.2) is 29.0 Å². The summed E-state index contributed by atoms with van der Waals surface area (Å²) in [6.45, 7) is 2.39. The fourth-order valence-electron chi connectivity index (χ4n) is 3.68. The van der Waals surface area contributed by atoms with Gasteiger partial charge in [-0.05, 0) is 29.8 Å². The molecule has 2 amide bonds. The molecule has 134 valence electrons. The monoisotopic (exact) mass is 406 g/mol. The molecule has 0 bridgehead atoms. The van der Waals surface area contributed by atoms with Gasteiger partial charge in [-0.15, -0.1) is 11.8 Å². The number of thioether (sulfide) groups is 1. The number of fused-ring (bicyclic) bond motifs is 2. The molecule has 1 spiro atoms. The van der Waals surface area contributed by atoms with Gasteiger partial charge in [0.05, 0.1) is 12.2 Å². The van der Waals surface area contributed by atoms with Crippen LogP contribution in [-0.2, 0) is 21.0 Å². The maximum absolute atomic E-state index is 13.6. The lowest BCUT2D eigenvalue weighted by molar-refractivity contribution is -0.138. The van der Waals surface area contributed by atoms with Gasteiger partial charge in [0.2, 0.25) is 5.91 Å². The molecule has 0 aromatic heterocycles. The first-order chi connectivity index (χ1) is 12.4. The SMILES string of the molecule is CC(=O)N1CCS[C@]12C(=O)N(Cc1ccccc1Cl)c1ccc(Cl)cc12. The topological polar surface area (TPSA) is 40.6 Å². The third-order valence-electron chi connectivity index (χ3n) is 4.82. The zero-order valence-electron chi connectivity index (χ0n) is 14.0. The highest BCUT2D eigenvalue weighted by atomic mass is 35.5. The molecule has 2 aromatic carbocycles. The Morgan fingerprint density at radius 2 is 2.00 bits per heavy atom. The van der Waals surface area contributed by atoms with Crippen molar-refractivity contribution in [3.8, 4) is 0 Å². The van der Waals surface area contributed by atoms with E-state index in [1.807, 2.05) is 30.3 Å². The highest BCUT2D eigenvalue weighted by Gasteiger charge is 2.58. The largest absolute Gasteiger partial charge is 0.315 e. The van der Waals surface area contributed by atoms with Gasteiger partial charge in [0.1, 0.15) is 0 Å². The number of carbonyl (C=O) groups is 2. The lowest BCUT2D eigenvalue weighted by atomic mass is 10.1. The van der Waals surface area contributed by atoms with Crippen molar-refractivity contribution < 1.29 is 9.59 Å². The van der Waals surface area contributed by atoms with Gasteiger partial charge in [0.15, 0.2) is 4.87 Å². The average Bonchev–Trinajstić information content (AvgIpc) is 3.15. The summed E-state index contributed by atoms with van der Waals surface area (Å²) >= 11 is 14.0. The third kappa shape index (κ3) is 2.53. The number of rotatable bonds is 2. The van der Waals surface area contributed by atoms with E-state index in [0.29, 0.717) is 28.9 Å². The first-order valence-corrected chi connectivity index (χ1v) is 9.97. The maximum Gasteiger partial charge on any atom is 0.268 e. The van der Waals surface area contributed by atoms with E-state index in [4.69, 9.17) is 23.2 Å². The van der Waals surface area contributed by atoms with Gasteiger partial charge in [-0.1, -0.05) is 41.4 Å². The Labute approximate surface area is 166 Å². The van der Waals surface area contributed by atoms with Gasteiger partial charge in [-0.3, -0.25) is 9.59 Å². The first-order valence-electron chi connectivity index (χ1n) is 8.22. The molecule has 1 atom stereocenters. The van der Waals surface area contributed by atoms with Crippen molar-refractivity contribution in [2.24, 2.45) is 0 Å². The lowest BCUT2D eigenvalue weighted by Crippen LogP contribution is -2.49. The molecule has 0 N–H and O–H groups in total. The summed E-state index contributed by atoms with van der Waals surface area (Å²) in [4.78, 5) is 28.1. The molecule has 0 aliphatic carbocycles. The summed E-state index contributed by atoms with van der Waals surface area (Å²) < 4.78 is 0. The van der Waals surface area contributed by atoms with Gasteiger partial charge < -0.3 is 9.80 Å². The molecule has 1 saturated heterocycles. The molecule has 1 fully saturated rings. The van der Waals surface area contributed by atoms with E-state index >= 15 is 0 Å². The van der Waals surface area contributed by atoms with Crippen molar-refractivity contribution in [2.75, 3.05) is 17.2 Å². The molecule has 7 heteroatoms. The second kappa shape index (κ2) is 6.48. The van der Waals surface area contributed by atoms with E-state index in [1.54, 1.807) is 21.9 Å². The summed E-state index contributed by atoms with van der Waals surface area (Å²) in [5, 5.41) is 1.16. The first kappa shape index (κ1) is 17.7. The molecule has 2 heterocycles. The minimum absolute atomic E-state index is 0.117. The van der Waals surface area contributed by atoms with Gasteiger partial charge in [0.25, 0.3) is 5.91 Å². The predicted molar refractivity (Wildman–Crippen MR) is 106 cm³/mol. The molecular weight excluding hydrogens is 391 g/mol. The van der Waals surface area contributed by atoms with Crippen LogP contribution >= 0.6 is 35.0 Å². The molecule has 2 aliphatic heterocycles. The third-order valence-corrected chi connectivity index (χ3v) is 6.85. The Morgan fingerprint density at radius 3 is 2.73 bits per heavy atom. The van der Waals surface area contributed by atoms with E-state index in [2.05, 4.69) is 0 Å². The number of hydrogen-bond acceptors (Lipinski definition) is 3. The number of hydrogen-bond donors (Lipinski definition) is 0. The van der Waals surface area contributed by atoms with Gasteiger partial charge in [-0.2, -0.15) is 0 Å². The van der Waals surface area contributed by atoms with E-state index in [0.717, 1.165) is 16.8 Å². The summed E-state index contributed by atoms with van der Waals surface area (Å²) in [6, 6.07) is 12.9. The number of anilines is 1. The standard InChI is InChI=1S/C19H16Cl2N2O2S/c1-12(24)23-8-9-26-19(23)15-10-14(20)6-7-17(15)22(18(19)25)11-13-4-2-3-5-16(13)21/h2-7,10H,8-9,11H2,1H3/t19-/m1/s1.